The van der Waals surface area contributed by atoms with Crippen LogP contribution in [0.5, 0.6) is 0 Å². The lowest BCUT2D eigenvalue weighted by molar-refractivity contribution is 0.0696. The van der Waals surface area contributed by atoms with Gasteiger partial charge in [0.2, 0.25) is 0 Å². The molecule has 1 amide bonds. The van der Waals surface area contributed by atoms with Gasteiger partial charge in [-0.3, -0.25) is 4.79 Å². The third-order valence-corrected chi connectivity index (χ3v) is 2.87. The van der Waals surface area contributed by atoms with E-state index in [9.17, 15) is 9.59 Å². The molecule has 5 nitrogen and oxygen atoms in total. The molecule has 2 rings (SSSR count). The van der Waals surface area contributed by atoms with Crippen LogP contribution in [0.1, 0.15) is 31.8 Å². The maximum atomic E-state index is 11.8. The molecule has 21 heavy (non-hydrogen) atoms. The van der Waals surface area contributed by atoms with E-state index in [0.717, 1.165) is 5.56 Å². The van der Waals surface area contributed by atoms with Gasteiger partial charge in [-0.05, 0) is 25.1 Å². The Morgan fingerprint density at radius 3 is 2.43 bits per heavy atom. The van der Waals surface area contributed by atoms with Crippen LogP contribution in [0.25, 0.3) is 0 Å². The average Bonchev–Trinajstić information content (AvgIpc) is 2.48. The van der Waals surface area contributed by atoms with Gasteiger partial charge in [-0.25, -0.2) is 10.2 Å². The van der Waals surface area contributed by atoms with Crippen LogP contribution in [0.4, 0.5) is 0 Å². The molecule has 0 aliphatic heterocycles. The summed E-state index contributed by atoms with van der Waals surface area (Å²) in [4.78, 5) is 22.8. The lowest BCUT2D eigenvalue weighted by Gasteiger charge is -2.01. The molecule has 0 heterocycles. The molecule has 0 aliphatic rings. The molecule has 2 N–H and O–H groups in total. The number of carbonyl (C=O) groups excluding carboxylic acids is 1. The van der Waals surface area contributed by atoms with Crippen LogP contribution in [-0.4, -0.2) is 23.2 Å². The minimum Gasteiger partial charge on any atom is -0.478 e. The Morgan fingerprint density at radius 1 is 1.10 bits per heavy atom. The van der Waals surface area contributed by atoms with Crippen LogP contribution < -0.4 is 5.43 Å². The van der Waals surface area contributed by atoms with Crippen LogP contribution in [0.3, 0.4) is 0 Å². The zero-order chi connectivity index (χ0) is 15.2. The fourth-order valence-electron chi connectivity index (χ4n) is 1.73. The Morgan fingerprint density at radius 2 is 1.76 bits per heavy atom. The number of nitrogens with zero attached hydrogens (tertiary/aromatic N) is 1. The monoisotopic (exact) mass is 282 g/mol. The van der Waals surface area contributed by atoms with E-state index in [-0.39, 0.29) is 11.5 Å². The third-order valence-electron chi connectivity index (χ3n) is 2.87. The molecule has 106 valence electrons. The molecule has 0 bridgehead atoms. The lowest BCUT2D eigenvalue weighted by atomic mass is 10.1. The zero-order valence-corrected chi connectivity index (χ0v) is 11.4. The Balaban J connectivity index is 2.07. The summed E-state index contributed by atoms with van der Waals surface area (Å²) in [5, 5.41) is 12.8. The summed E-state index contributed by atoms with van der Waals surface area (Å²) in [5.41, 5.74) is 4.48. The maximum absolute atomic E-state index is 11.8. The summed E-state index contributed by atoms with van der Waals surface area (Å²) in [7, 11) is 0. The summed E-state index contributed by atoms with van der Waals surface area (Å²) < 4.78 is 0. The van der Waals surface area contributed by atoms with Gasteiger partial charge in [0, 0.05) is 11.1 Å². The number of benzene rings is 2. The van der Waals surface area contributed by atoms with Crippen molar-refractivity contribution < 1.29 is 14.7 Å². The molecule has 0 atom stereocenters. The van der Waals surface area contributed by atoms with Crippen molar-refractivity contribution in [2.45, 2.75) is 6.92 Å². The van der Waals surface area contributed by atoms with Gasteiger partial charge in [-0.15, -0.1) is 0 Å². The van der Waals surface area contributed by atoms with E-state index in [1.165, 1.54) is 12.3 Å². The van der Waals surface area contributed by atoms with E-state index < -0.39 is 5.97 Å². The first-order valence-corrected chi connectivity index (χ1v) is 6.30. The van der Waals surface area contributed by atoms with Crippen molar-refractivity contribution in [3.63, 3.8) is 0 Å². The molecule has 0 aliphatic carbocycles. The van der Waals surface area contributed by atoms with Crippen molar-refractivity contribution in [2.75, 3.05) is 0 Å². The predicted octanol–water partition coefficient (Wildman–Crippen LogP) is 2.46. The summed E-state index contributed by atoms with van der Waals surface area (Å²) in [6.07, 6.45) is 1.32. The quantitative estimate of drug-likeness (QED) is 0.668. The highest BCUT2D eigenvalue weighted by Gasteiger charge is 2.07. The van der Waals surface area contributed by atoms with Gasteiger partial charge in [0.15, 0.2) is 0 Å². The number of hydrogen-bond donors (Lipinski definition) is 2. The second-order valence-corrected chi connectivity index (χ2v) is 4.46. The molecule has 2 aromatic rings. The van der Waals surface area contributed by atoms with E-state index >= 15 is 0 Å². The Hall–Kier alpha value is -2.95. The minimum atomic E-state index is -1.04. The van der Waals surface area contributed by atoms with Crippen LogP contribution in [-0.2, 0) is 0 Å². The van der Waals surface area contributed by atoms with Crippen molar-refractivity contribution in [3.8, 4) is 0 Å². The van der Waals surface area contributed by atoms with Crippen LogP contribution >= 0.6 is 0 Å². The average molecular weight is 282 g/mol. The van der Waals surface area contributed by atoms with Crippen LogP contribution in [0.15, 0.2) is 53.6 Å². The number of rotatable bonds is 4. The first-order valence-electron chi connectivity index (χ1n) is 6.30. The second kappa shape index (κ2) is 6.47. The van der Waals surface area contributed by atoms with Gasteiger partial charge in [0.25, 0.3) is 5.91 Å². The maximum Gasteiger partial charge on any atom is 0.336 e. The summed E-state index contributed by atoms with van der Waals surface area (Å²) in [6, 6.07) is 13.5. The van der Waals surface area contributed by atoms with E-state index in [1.54, 1.807) is 30.3 Å². The Kier molecular flexibility index (Phi) is 4.46. The highest BCUT2D eigenvalue weighted by atomic mass is 16.4. The predicted molar refractivity (Wildman–Crippen MR) is 79.6 cm³/mol. The molecular formula is C16H14N2O3. The number of hydrogen-bond acceptors (Lipinski definition) is 3. The van der Waals surface area contributed by atoms with E-state index in [0.29, 0.717) is 11.1 Å². The lowest BCUT2D eigenvalue weighted by Crippen LogP contribution is -2.17. The molecule has 0 fully saturated rings. The van der Waals surface area contributed by atoms with Crippen LogP contribution in [0.2, 0.25) is 0 Å². The van der Waals surface area contributed by atoms with Gasteiger partial charge >= 0.3 is 5.97 Å². The summed E-state index contributed by atoms with van der Waals surface area (Å²) in [5.74, 6) is -1.39. The van der Waals surface area contributed by atoms with Crippen molar-refractivity contribution in [1.82, 2.24) is 5.43 Å². The molecule has 2 aromatic carbocycles. The first kappa shape index (κ1) is 14.5. The van der Waals surface area contributed by atoms with Gasteiger partial charge in [0.05, 0.1) is 11.8 Å². The number of aryl methyl sites for hydroxylation is 1. The molecule has 0 radical (unpaired) electrons. The van der Waals surface area contributed by atoms with Gasteiger partial charge < -0.3 is 5.11 Å². The van der Waals surface area contributed by atoms with Gasteiger partial charge in [0.1, 0.15) is 0 Å². The highest BCUT2D eigenvalue weighted by Crippen LogP contribution is 2.06. The molecule has 0 saturated heterocycles. The highest BCUT2D eigenvalue weighted by molar-refractivity contribution is 5.99. The van der Waals surface area contributed by atoms with E-state index in [2.05, 4.69) is 10.5 Å². The number of aromatic carboxylic acids is 1. The second-order valence-electron chi connectivity index (χ2n) is 4.46. The summed E-state index contributed by atoms with van der Waals surface area (Å²) in [6.45, 7) is 1.93. The van der Waals surface area contributed by atoms with E-state index in [1.807, 2.05) is 19.1 Å². The molecular weight excluding hydrogens is 268 g/mol. The SMILES string of the molecule is Cc1ccc(C(=O)N/N=C/c2ccccc2C(=O)O)cc1. The van der Waals surface area contributed by atoms with Gasteiger partial charge in [-0.2, -0.15) is 5.10 Å². The number of carbonyl (C=O) groups is 2. The zero-order valence-electron chi connectivity index (χ0n) is 11.4. The molecule has 5 heteroatoms. The minimum absolute atomic E-state index is 0.130. The smallest absolute Gasteiger partial charge is 0.336 e. The van der Waals surface area contributed by atoms with Crippen molar-refractivity contribution >= 4 is 18.1 Å². The number of hydrazone groups is 1. The number of nitrogens with one attached hydrogen (secondary N) is 1. The van der Waals surface area contributed by atoms with Crippen molar-refractivity contribution in [3.05, 3.63) is 70.8 Å². The van der Waals surface area contributed by atoms with E-state index in [4.69, 9.17) is 5.11 Å². The van der Waals surface area contributed by atoms with Crippen LogP contribution in [0, 0.1) is 6.92 Å². The first-order chi connectivity index (χ1) is 10.1. The molecule has 0 spiro atoms. The topological polar surface area (TPSA) is 78.8 Å². The molecule has 0 unspecified atom stereocenters. The number of amides is 1. The largest absolute Gasteiger partial charge is 0.478 e. The Labute approximate surface area is 121 Å². The normalized spacial score (nSPS) is 10.5. The standard InChI is InChI=1S/C16H14N2O3/c1-11-6-8-12(9-7-11)15(19)18-17-10-13-4-2-3-5-14(13)16(20)21/h2-10H,1H3,(H,18,19)(H,20,21)/b17-10+. The number of carboxylic acid groups (broad SMARTS) is 1. The summed E-state index contributed by atoms with van der Waals surface area (Å²) >= 11 is 0. The molecule has 0 saturated carbocycles. The van der Waals surface area contributed by atoms with Crippen molar-refractivity contribution in [1.29, 1.82) is 0 Å². The fourth-order valence-corrected chi connectivity index (χ4v) is 1.73. The third kappa shape index (κ3) is 3.76. The molecule has 0 aromatic heterocycles. The Bertz CT molecular complexity index is 691. The van der Waals surface area contributed by atoms with Crippen molar-refractivity contribution in [2.24, 2.45) is 5.10 Å². The fraction of sp³-hybridized carbons (Fsp3) is 0.0625. The number of carboxylic acids is 1. The van der Waals surface area contributed by atoms with Gasteiger partial charge in [-0.1, -0.05) is 35.9 Å².